The number of benzene rings is 1. The number of halogens is 1. The lowest BCUT2D eigenvalue weighted by atomic mass is 10.0. The molecule has 1 unspecified atom stereocenters. The summed E-state index contributed by atoms with van der Waals surface area (Å²) in [5.74, 6) is 1.29. The molecule has 7 rings (SSSR count). The predicted molar refractivity (Wildman–Crippen MR) is 145 cm³/mol. The highest BCUT2D eigenvalue weighted by molar-refractivity contribution is 5.88. The summed E-state index contributed by atoms with van der Waals surface area (Å²) in [6.45, 7) is 3.30. The zero-order chi connectivity index (χ0) is 26.6. The minimum atomic E-state index is -1.12. The Morgan fingerprint density at radius 2 is 1.79 bits per heavy atom. The number of imidazole rings is 1. The molecule has 0 bridgehead atoms. The highest BCUT2D eigenvalue weighted by Crippen LogP contribution is 2.38. The van der Waals surface area contributed by atoms with E-state index >= 15 is 0 Å². The molecule has 1 saturated carbocycles. The van der Waals surface area contributed by atoms with Crippen molar-refractivity contribution in [2.24, 2.45) is 0 Å². The molecule has 10 heteroatoms. The average Bonchev–Trinajstić information content (AvgIpc) is 3.36. The molecule has 200 valence electrons. The van der Waals surface area contributed by atoms with Crippen LogP contribution in [-0.2, 0) is 4.79 Å². The molecular weight excluding hydrogens is 497 g/mol. The largest absolute Gasteiger partial charge is 0.380 e. The summed E-state index contributed by atoms with van der Waals surface area (Å²) < 4.78 is 15.8. The van der Waals surface area contributed by atoms with Gasteiger partial charge in [0.05, 0.1) is 17.9 Å². The minimum Gasteiger partial charge on any atom is -0.380 e. The fourth-order valence-corrected chi connectivity index (χ4v) is 5.80. The van der Waals surface area contributed by atoms with Gasteiger partial charge in [0, 0.05) is 32.7 Å². The summed E-state index contributed by atoms with van der Waals surface area (Å²) >= 11 is 0. The maximum atomic E-state index is 13.9. The smallest absolute Gasteiger partial charge is 0.254 e. The van der Waals surface area contributed by atoms with Crippen LogP contribution in [0.25, 0.3) is 17.0 Å². The number of rotatable bonds is 5. The van der Waals surface area contributed by atoms with Crippen LogP contribution in [0.2, 0.25) is 0 Å². The molecule has 4 aromatic rings. The SMILES string of the molecule is O=C(N1CCN(c2cccc(-c3cnc4ccc(N5CCCC5c5cccc(F)c5)nn34)n2)CC1)C1(O)CC1. The van der Waals surface area contributed by atoms with Crippen molar-refractivity contribution in [3.63, 3.8) is 0 Å². The van der Waals surface area contributed by atoms with Gasteiger partial charge in [-0.3, -0.25) is 4.79 Å². The number of piperazine rings is 1. The summed E-state index contributed by atoms with van der Waals surface area (Å²) in [6, 6.07) is 16.8. The summed E-state index contributed by atoms with van der Waals surface area (Å²) in [5.41, 5.74) is 2.12. The van der Waals surface area contributed by atoms with Gasteiger partial charge < -0.3 is 19.8 Å². The number of amides is 1. The Morgan fingerprint density at radius 1 is 0.974 bits per heavy atom. The monoisotopic (exact) mass is 527 g/mol. The van der Waals surface area contributed by atoms with Gasteiger partial charge >= 0.3 is 0 Å². The molecule has 1 amide bonds. The van der Waals surface area contributed by atoms with E-state index in [1.54, 1.807) is 23.2 Å². The molecule has 39 heavy (non-hydrogen) atoms. The highest BCUT2D eigenvalue weighted by Gasteiger charge is 2.50. The summed E-state index contributed by atoms with van der Waals surface area (Å²) in [7, 11) is 0. The first-order valence-corrected chi connectivity index (χ1v) is 13.6. The number of anilines is 2. The number of nitrogens with zero attached hydrogens (tertiary/aromatic N) is 7. The number of hydrogen-bond acceptors (Lipinski definition) is 7. The number of carbonyl (C=O) groups is 1. The molecule has 3 aliphatic rings. The quantitative estimate of drug-likeness (QED) is 0.425. The number of carbonyl (C=O) groups excluding carboxylic acids is 1. The van der Waals surface area contributed by atoms with Crippen molar-refractivity contribution in [2.75, 3.05) is 42.5 Å². The van der Waals surface area contributed by atoms with Crippen molar-refractivity contribution >= 4 is 23.2 Å². The highest BCUT2D eigenvalue weighted by atomic mass is 19.1. The molecule has 5 heterocycles. The van der Waals surface area contributed by atoms with Crippen LogP contribution >= 0.6 is 0 Å². The van der Waals surface area contributed by atoms with Gasteiger partial charge in [0.2, 0.25) is 0 Å². The molecule has 1 aliphatic carbocycles. The first-order chi connectivity index (χ1) is 19.0. The van der Waals surface area contributed by atoms with E-state index in [-0.39, 0.29) is 17.8 Å². The lowest BCUT2D eigenvalue weighted by Crippen LogP contribution is -2.52. The summed E-state index contributed by atoms with van der Waals surface area (Å²) in [4.78, 5) is 28.2. The Labute approximate surface area is 225 Å². The molecule has 1 N–H and O–H groups in total. The lowest BCUT2D eigenvalue weighted by Gasteiger charge is -2.36. The zero-order valence-corrected chi connectivity index (χ0v) is 21.6. The van der Waals surface area contributed by atoms with Crippen molar-refractivity contribution in [3.8, 4) is 11.4 Å². The maximum absolute atomic E-state index is 13.9. The van der Waals surface area contributed by atoms with Crippen LogP contribution in [0.3, 0.4) is 0 Å². The normalized spacial score (nSPS) is 20.6. The Balaban J connectivity index is 1.14. The topological polar surface area (TPSA) is 90.1 Å². The molecule has 1 aromatic carbocycles. The number of hydrogen-bond donors (Lipinski definition) is 1. The zero-order valence-electron chi connectivity index (χ0n) is 21.6. The van der Waals surface area contributed by atoms with Gasteiger partial charge in [-0.25, -0.2) is 18.9 Å². The Hall–Kier alpha value is -4.05. The third kappa shape index (κ3) is 4.38. The van der Waals surface area contributed by atoms with E-state index in [2.05, 4.69) is 14.8 Å². The number of pyridine rings is 1. The van der Waals surface area contributed by atoms with Gasteiger partial charge in [-0.1, -0.05) is 18.2 Å². The van der Waals surface area contributed by atoms with Crippen LogP contribution < -0.4 is 9.80 Å². The van der Waals surface area contributed by atoms with Crippen LogP contribution in [0.15, 0.2) is 60.8 Å². The van der Waals surface area contributed by atoms with Crippen LogP contribution in [0.1, 0.15) is 37.3 Å². The molecule has 1 atom stereocenters. The van der Waals surface area contributed by atoms with Gasteiger partial charge in [0.15, 0.2) is 5.65 Å². The van der Waals surface area contributed by atoms with Gasteiger partial charge in [-0.15, -0.1) is 5.10 Å². The van der Waals surface area contributed by atoms with Gasteiger partial charge in [0.1, 0.15) is 28.7 Å². The van der Waals surface area contributed by atoms with E-state index in [1.807, 2.05) is 40.9 Å². The summed E-state index contributed by atoms with van der Waals surface area (Å²) in [5, 5.41) is 15.1. The predicted octanol–water partition coefficient (Wildman–Crippen LogP) is 3.45. The van der Waals surface area contributed by atoms with Crippen LogP contribution in [0, 0.1) is 5.82 Å². The van der Waals surface area contributed by atoms with Crippen molar-refractivity contribution in [1.82, 2.24) is 24.5 Å². The average molecular weight is 528 g/mol. The Bertz CT molecular complexity index is 1540. The van der Waals surface area contributed by atoms with Gasteiger partial charge in [0.25, 0.3) is 5.91 Å². The van der Waals surface area contributed by atoms with E-state index in [1.165, 1.54) is 6.07 Å². The second-order valence-corrected chi connectivity index (χ2v) is 10.7. The third-order valence-electron chi connectivity index (χ3n) is 8.14. The maximum Gasteiger partial charge on any atom is 0.254 e. The standard InChI is InChI=1S/C29H30FN7O2/c30-21-5-1-4-20(18-21)23-7-3-13-36(23)27-10-9-25-31-19-24(37(25)33-27)22-6-2-8-26(32-22)34-14-16-35(17-15-34)28(38)29(39)11-12-29/h1-2,4-6,8-10,18-19,23,39H,3,7,11-17H2. The van der Waals surface area contributed by atoms with E-state index in [0.29, 0.717) is 39.0 Å². The van der Waals surface area contributed by atoms with E-state index < -0.39 is 5.60 Å². The molecule has 0 radical (unpaired) electrons. The molecule has 2 aliphatic heterocycles. The van der Waals surface area contributed by atoms with Crippen molar-refractivity contribution in [1.29, 1.82) is 0 Å². The summed E-state index contributed by atoms with van der Waals surface area (Å²) in [6.07, 6.45) is 4.88. The number of aliphatic hydroxyl groups is 1. The molecule has 2 saturated heterocycles. The number of aromatic nitrogens is 4. The van der Waals surface area contributed by atoms with Gasteiger partial charge in [-0.2, -0.15) is 0 Å². The second-order valence-electron chi connectivity index (χ2n) is 10.7. The first-order valence-electron chi connectivity index (χ1n) is 13.6. The molecule has 0 spiro atoms. The fraction of sp³-hybridized carbons (Fsp3) is 0.379. The molecule has 3 fully saturated rings. The number of fused-ring (bicyclic) bond motifs is 1. The first kappa shape index (κ1) is 24.0. The van der Waals surface area contributed by atoms with E-state index in [4.69, 9.17) is 10.1 Å². The lowest BCUT2D eigenvalue weighted by molar-refractivity contribution is -0.142. The van der Waals surface area contributed by atoms with Crippen LogP contribution in [0.4, 0.5) is 16.0 Å². The van der Waals surface area contributed by atoms with Crippen molar-refractivity contribution < 1.29 is 14.3 Å². The van der Waals surface area contributed by atoms with Crippen molar-refractivity contribution in [3.05, 3.63) is 72.2 Å². The van der Waals surface area contributed by atoms with Crippen LogP contribution in [-0.4, -0.2) is 73.8 Å². The minimum absolute atomic E-state index is 0.0743. The molecular formula is C29H30FN7O2. The third-order valence-corrected chi connectivity index (χ3v) is 8.14. The van der Waals surface area contributed by atoms with Crippen LogP contribution in [0.5, 0.6) is 0 Å². The Kier molecular flexibility index (Phi) is 5.73. The molecule has 3 aromatic heterocycles. The molecule has 9 nitrogen and oxygen atoms in total. The Morgan fingerprint density at radius 3 is 2.59 bits per heavy atom. The fourth-order valence-electron chi connectivity index (χ4n) is 5.80. The van der Waals surface area contributed by atoms with Crippen molar-refractivity contribution in [2.45, 2.75) is 37.3 Å². The second kappa shape index (κ2) is 9.30. The van der Waals surface area contributed by atoms with E-state index in [0.717, 1.165) is 53.6 Å². The van der Waals surface area contributed by atoms with E-state index in [9.17, 15) is 14.3 Å². The van der Waals surface area contributed by atoms with Gasteiger partial charge in [-0.05, 0) is 67.6 Å².